The van der Waals surface area contributed by atoms with Gasteiger partial charge in [0.1, 0.15) is 11.4 Å². The number of aryl methyl sites for hydroxylation is 1. The van der Waals surface area contributed by atoms with Crippen molar-refractivity contribution >= 4 is 0 Å². The lowest BCUT2D eigenvalue weighted by Crippen LogP contribution is -2.64. The molecule has 0 aliphatic heterocycles. The van der Waals surface area contributed by atoms with Crippen LogP contribution in [-0.4, -0.2) is 36.6 Å². The monoisotopic (exact) mass is 402 g/mol. The zero-order valence-corrected chi connectivity index (χ0v) is 18.5. The van der Waals surface area contributed by atoms with Crippen LogP contribution < -0.4 is 0 Å². The average Bonchev–Trinajstić information content (AvgIpc) is 3.12. The van der Waals surface area contributed by atoms with Crippen LogP contribution in [-0.2, 0) is 12.6 Å². The summed E-state index contributed by atoms with van der Waals surface area (Å²) in [5, 5.41) is 34.6. The summed E-state index contributed by atoms with van der Waals surface area (Å²) >= 11 is 0. The highest BCUT2D eigenvalue weighted by Gasteiger charge is 2.72. The first-order valence-electron chi connectivity index (χ1n) is 11.7. The van der Waals surface area contributed by atoms with E-state index in [1.807, 2.05) is 24.7 Å². The summed E-state index contributed by atoms with van der Waals surface area (Å²) in [6, 6.07) is 0. The first-order chi connectivity index (χ1) is 13.6. The Hall–Kier alpha value is -0.910. The van der Waals surface area contributed by atoms with Gasteiger partial charge in [-0.05, 0) is 87.9 Å². The van der Waals surface area contributed by atoms with Crippen LogP contribution in [0, 0.1) is 35.5 Å². The molecule has 4 saturated carbocycles. The first kappa shape index (κ1) is 20.0. The van der Waals surface area contributed by atoms with Gasteiger partial charge in [-0.1, -0.05) is 13.8 Å². The lowest BCUT2D eigenvalue weighted by atomic mass is 9.43. The van der Waals surface area contributed by atoms with Gasteiger partial charge in [-0.25, -0.2) is 4.98 Å². The maximum absolute atomic E-state index is 12.3. The summed E-state index contributed by atoms with van der Waals surface area (Å²) in [6.45, 7) is 6.53. The molecule has 0 amide bonds. The Bertz CT molecular complexity index is 823. The maximum Gasteiger partial charge on any atom is 0.114 e. The van der Waals surface area contributed by atoms with Gasteiger partial charge < -0.3 is 19.9 Å². The Labute approximate surface area is 174 Å². The van der Waals surface area contributed by atoms with Crippen molar-refractivity contribution in [2.45, 2.75) is 95.9 Å². The average molecular weight is 403 g/mol. The molecule has 1 aromatic rings. The standard InChI is InChI=1S/C24H38N2O3/c1-15-25-14-20(26(15)4)24(29)12-11-23(28)19-6-5-16-13-17(27)7-9-21(16,2)18(19)8-10-22(23,24)3/h14,16-19,27-29H,5-13H2,1-4H3/t16-,17+,18+,19-,21+,22+,23+,24+/m1/s1. The fourth-order valence-electron chi connectivity index (χ4n) is 8.52. The van der Waals surface area contributed by atoms with E-state index in [-0.39, 0.29) is 17.4 Å². The van der Waals surface area contributed by atoms with Crippen molar-refractivity contribution in [3.63, 3.8) is 0 Å². The summed E-state index contributed by atoms with van der Waals surface area (Å²) in [4.78, 5) is 4.45. The van der Waals surface area contributed by atoms with Crippen LogP contribution in [0.15, 0.2) is 6.20 Å². The van der Waals surface area contributed by atoms with E-state index in [0.717, 1.165) is 56.5 Å². The quantitative estimate of drug-likeness (QED) is 0.672. The molecular formula is C24H38N2O3. The molecule has 0 bridgehead atoms. The van der Waals surface area contributed by atoms with Gasteiger partial charge >= 0.3 is 0 Å². The van der Waals surface area contributed by atoms with Crippen LogP contribution in [0.25, 0.3) is 0 Å². The van der Waals surface area contributed by atoms with E-state index in [9.17, 15) is 15.3 Å². The van der Waals surface area contributed by atoms with E-state index in [1.165, 1.54) is 0 Å². The Morgan fingerprint density at radius 1 is 1.00 bits per heavy atom. The first-order valence-corrected chi connectivity index (χ1v) is 11.7. The number of aromatic nitrogens is 2. The van der Waals surface area contributed by atoms with E-state index in [0.29, 0.717) is 24.7 Å². The van der Waals surface area contributed by atoms with E-state index >= 15 is 0 Å². The second-order valence-corrected chi connectivity index (χ2v) is 11.3. The molecule has 8 atom stereocenters. The summed E-state index contributed by atoms with van der Waals surface area (Å²) < 4.78 is 2.00. The predicted octanol–water partition coefficient (Wildman–Crippen LogP) is 3.43. The van der Waals surface area contributed by atoms with Crippen molar-refractivity contribution < 1.29 is 15.3 Å². The van der Waals surface area contributed by atoms with Crippen molar-refractivity contribution in [1.82, 2.24) is 9.55 Å². The molecule has 162 valence electrons. The van der Waals surface area contributed by atoms with E-state index in [1.54, 1.807) is 0 Å². The van der Waals surface area contributed by atoms with Crippen molar-refractivity contribution in [2.75, 3.05) is 0 Å². The minimum Gasteiger partial charge on any atom is -0.393 e. The van der Waals surface area contributed by atoms with Crippen LogP contribution >= 0.6 is 0 Å². The maximum atomic E-state index is 12.3. The Balaban J connectivity index is 1.54. The van der Waals surface area contributed by atoms with Crippen molar-refractivity contribution in [3.05, 3.63) is 17.7 Å². The van der Waals surface area contributed by atoms with Crippen LogP contribution in [0.1, 0.15) is 83.2 Å². The number of hydrogen-bond donors (Lipinski definition) is 3. The molecule has 1 heterocycles. The molecule has 5 rings (SSSR count). The smallest absolute Gasteiger partial charge is 0.114 e. The molecular weight excluding hydrogens is 364 g/mol. The van der Waals surface area contributed by atoms with Crippen LogP contribution in [0.3, 0.4) is 0 Å². The van der Waals surface area contributed by atoms with Crippen molar-refractivity contribution in [2.24, 2.45) is 35.6 Å². The van der Waals surface area contributed by atoms with Crippen molar-refractivity contribution in [1.29, 1.82) is 0 Å². The largest absolute Gasteiger partial charge is 0.393 e. The number of aliphatic hydroxyl groups excluding tert-OH is 1. The molecule has 0 radical (unpaired) electrons. The SMILES string of the molecule is Cc1ncc([C@@]2(O)CC[C@]3(O)[C@@H]4CC[C@@H]5C[C@@H](O)CC[C@]5(C)[C@H]4CC[C@]23C)n1C. The summed E-state index contributed by atoms with van der Waals surface area (Å²) in [6.07, 6.45) is 9.83. The van der Waals surface area contributed by atoms with E-state index < -0.39 is 16.6 Å². The molecule has 5 heteroatoms. The molecule has 3 N–H and O–H groups in total. The van der Waals surface area contributed by atoms with Crippen LogP contribution in [0.5, 0.6) is 0 Å². The van der Waals surface area contributed by atoms with Gasteiger partial charge in [-0.2, -0.15) is 0 Å². The third-order valence-corrected chi connectivity index (χ3v) is 10.6. The Morgan fingerprint density at radius 2 is 1.76 bits per heavy atom. The fraction of sp³-hybridized carbons (Fsp3) is 0.875. The number of nitrogens with zero attached hydrogens (tertiary/aromatic N) is 2. The van der Waals surface area contributed by atoms with E-state index in [2.05, 4.69) is 18.8 Å². The molecule has 0 aromatic carbocycles. The lowest BCUT2D eigenvalue weighted by molar-refractivity contribution is -0.239. The van der Waals surface area contributed by atoms with Gasteiger partial charge in [0.2, 0.25) is 0 Å². The second kappa shape index (κ2) is 6.08. The molecule has 4 aliphatic carbocycles. The highest BCUT2D eigenvalue weighted by atomic mass is 16.3. The minimum absolute atomic E-state index is 0.147. The normalized spacial score (nSPS) is 52.0. The summed E-state index contributed by atoms with van der Waals surface area (Å²) in [5.41, 5.74) is -1.37. The third-order valence-electron chi connectivity index (χ3n) is 10.6. The van der Waals surface area contributed by atoms with Gasteiger partial charge in [0.15, 0.2) is 0 Å². The van der Waals surface area contributed by atoms with Gasteiger partial charge in [0, 0.05) is 12.5 Å². The number of imidazole rings is 1. The molecule has 0 unspecified atom stereocenters. The van der Waals surface area contributed by atoms with Gasteiger partial charge in [0.25, 0.3) is 0 Å². The zero-order chi connectivity index (χ0) is 20.8. The Morgan fingerprint density at radius 3 is 2.45 bits per heavy atom. The third kappa shape index (κ3) is 2.30. The highest BCUT2D eigenvalue weighted by molar-refractivity contribution is 5.29. The lowest BCUT2D eigenvalue weighted by Gasteiger charge is -2.64. The minimum atomic E-state index is -1.04. The predicted molar refractivity (Wildman–Crippen MR) is 111 cm³/mol. The van der Waals surface area contributed by atoms with Crippen LogP contribution in [0.2, 0.25) is 0 Å². The molecule has 29 heavy (non-hydrogen) atoms. The molecule has 5 nitrogen and oxygen atoms in total. The van der Waals surface area contributed by atoms with Gasteiger partial charge in [-0.15, -0.1) is 0 Å². The van der Waals surface area contributed by atoms with Gasteiger partial charge in [-0.3, -0.25) is 0 Å². The molecule has 4 aliphatic rings. The summed E-state index contributed by atoms with van der Waals surface area (Å²) in [5.74, 6) is 2.19. The number of fused-ring (bicyclic) bond motifs is 5. The van der Waals surface area contributed by atoms with Crippen LogP contribution in [0.4, 0.5) is 0 Å². The topological polar surface area (TPSA) is 78.5 Å². The van der Waals surface area contributed by atoms with Gasteiger partial charge in [0.05, 0.1) is 23.6 Å². The van der Waals surface area contributed by atoms with Crippen molar-refractivity contribution in [3.8, 4) is 0 Å². The summed E-state index contributed by atoms with van der Waals surface area (Å²) in [7, 11) is 1.97. The Kier molecular flexibility index (Phi) is 4.19. The fourth-order valence-corrected chi connectivity index (χ4v) is 8.52. The second-order valence-electron chi connectivity index (χ2n) is 11.3. The zero-order valence-electron chi connectivity index (χ0n) is 18.5. The molecule has 0 spiro atoms. The number of rotatable bonds is 1. The highest BCUT2D eigenvalue weighted by Crippen LogP contribution is 2.71. The molecule has 0 saturated heterocycles. The molecule has 4 fully saturated rings. The number of aliphatic hydroxyl groups is 3. The molecule has 1 aromatic heterocycles. The number of hydrogen-bond acceptors (Lipinski definition) is 4. The van der Waals surface area contributed by atoms with E-state index in [4.69, 9.17) is 0 Å².